The number of anilines is 1. The molecule has 1 aliphatic rings. The largest absolute Gasteiger partial charge is 0.377 e. The summed E-state index contributed by atoms with van der Waals surface area (Å²) in [5.41, 5.74) is 6.84. The molecule has 5 rings (SSSR count). The summed E-state index contributed by atoms with van der Waals surface area (Å²) in [5, 5.41) is 21.5. The van der Waals surface area contributed by atoms with Crippen molar-refractivity contribution in [1.29, 1.82) is 5.26 Å². The molecule has 0 saturated carbocycles. The Balaban J connectivity index is 1.49. The van der Waals surface area contributed by atoms with Crippen LogP contribution in [0.15, 0.2) is 36.5 Å². The van der Waals surface area contributed by atoms with Crippen molar-refractivity contribution in [2.24, 2.45) is 0 Å². The fourth-order valence-corrected chi connectivity index (χ4v) is 4.60. The van der Waals surface area contributed by atoms with E-state index in [1.54, 1.807) is 6.20 Å². The van der Waals surface area contributed by atoms with Crippen LogP contribution in [-0.4, -0.2) is 19.6 Å². The molecule has 6 nitrogen and oxygen atoms in total. The van der Waals surface area contributed by atoms with Gasteiger partial charge >= 0.3 is 0 Å². The van der Waals surface area contributed by atoms with E-state index in [0.29, 0.717) is 5.56 Å². The zero-order valence-corrected chi connectivity index (χ0v) is 16.2. The summed E-state index contributed by atoms with van der Waals surface area (Å²) >= 11 is 1.47. The van der Waals surface area contributed by atoms with E-state index in [-0.39, 0.29) is 6.04 Å². The van der Waals surface area contributed by atoms with Gasteiger partial charge in [-0.15, -0.1) is 0 Å². The van der Waals surface area contributed by atoms with E-state index >= 15 is 0 Å². The van der Waals surface area contributed by atoms with E-state index < -0.39 is 0 Å². The van der Waals surface area contributed by atoms with Crippen molar-refractivity contribution in [1.82, 2.24) is 19.6 Å². The summed E-state index contributed by atoms with van der Waals surface area (Å²) in [6.07, 6.45) is 4.75. The van der Waals surface area contributed by atoms with Gasteiger partial charge in [0.2, 0.25) is 0 Å². The minimum absolute atomic E-state index is 0.148. The third-order valence-electron chi connectivity index (χ3n) is 5.16. The van der Waals surface area contributed by atoms with Crippen LogP contribution >= 0.6 is 11.5 Å². The second-order valence-electron chi connectivity index (χ2n) is 7.13. The zero-order chi connectivity index (χ0) is 19.1. The van der Waals surface area contributed by atoms with Gasteiger partial charge in [0.25, 0.3) is 0 Å². The number of hydrogen-bond acceptors (Lipinski definition) is 6. The highest BCUT2D eigenvalue weighted by molar-refractivity contribution is 7.09. The van der Waals surface area contributed by atoms with Gasteiger partial charge in [-0.2, -0.15) is 14.7 Å². The molecule has 28 heavy (non-hydrogen) atoms. The van der Waals surface area contributed by atoms with Crippen LogP contribution < -0.4 is 5.32 Å². The van der Waals surface area contributed by atoms with Gasteiger partial charge in [-0.3, -0.25) is 10.1 Å². The molecular weight excluding hydrogens is 368 g/mol. The Hall–Kier alpha value is -3.24. The van der Waals surface area contributed by atoms with Crippen molar-refractivity contribution in [3.63, 3.8) is 0 Å². The SMILES string of the molecule is Cc1cc(-c2n[nH]c3ccc(N[C@@H]4CCCc5cc(C#N)cnc54)cc23)sn1. The van der Waals surface area contributed by atoms with Crippen molar-refractivity contribution >= 4 is 28.1 Å². The monoisotopic (exact) mass is 386 g/mol. The average Bonchev–Trinajstić information content (AvgIpc) is 3.33. The van der Waals surface area contributed by atoms with Crippen molar-refractivity contribution in [3.8, 4) is 16.6 Å². The Morgan fingerprint density at radius 2 is 2.21 bits per heavy atom. The van der Waals surface area contributed by atoms with Gasteiger partial charge in [0.15, 0.2) is 0 Å². The first-order valence-electron chi connectivity index (χ1n) is 9.28. The van der Waals surface area contributed by atoms with Gasteiger partial charge in [-0.1, -0.05) is 0 Å². The smallest absolute Gasteiger partial charge is 0.112 e. The van der Waals surface area contributed by atoms with E-state index in [1.807, 2.05) is 13.0 Å². The highest BCUT2D eigenvalue weighted by Crippen LogP contribution is 2.34. The maximum atomic E-state index is 9.12. The fraction of sp³-hybridized carbons (Fsp3) is 0.238. The van der Waals surface area contributed by atoms with E-state index in [1.165, 1.54) is 17.1 Å². The van der Waals surface area contributed by atoms with Crippen LogP contribution in [-0.2, 0) is 6.42 Å². The van der Waals surface area contributed by atoms with Crippen LogP contribution in [0.4, 0.5) is 5.69 Å². The minimum Gasteiger partial charge on any atom is -0.377 e. The number of nitriles is 1. The van der Waals surface area contributed by atoms with E-state index in [2.05, 4.69) is 55.2 Å². The first-order valence-corrected chi connectivity index (χ1v) is 10.1. The van der Waals surface area contributed by atoms with E-state index in [4.69, 9.17) is 5.26 Å². The number of pyridine rings is 1. The number of H-pyrrole nitrogens is 1. The summed E-state index contributed by atoms with van der Waals surface area (Å²) in [6.45, 7) is 1.99. The molecule has 0 aliphatic heterocycles. The van der Waals surface area contributed by atoms with Gasteiger partial charge in [-0.25, -0.2) is 0 Å². The predicted octanol–water partition coefficient (Wildman–Crippen LogP) is 4.75. The lowest BCUT2D eigenvalue weighted by Gasteiger charge is -2.26. The second-order valence-corrected chi connectivity index (χ2v) is 7.94. The van der Waals surface area contributed by atoms with E-state index in [9.17, 15) is 0 Å². The molecule has 0 fully saturated rings. The lowest BCUT2D eigenvalue weighted by molar-refractivity contribution is 0.583. The molecule has 0 unspecified atom stereocenters. The highest BCUT2D eigenvalue weighted by Gasteiger charge is 2.22. The Bertz CT molecular complexity index is 1220. The number of hydrogen-bond donors (Lipinski definition) is 2. The lowest BCUT2D eigenvalue weighted by Crippen LogP contribution is -2.19. The number of nitrogens with one attached hydrogen (secondary N) is 2. The molecule has 3 heterocycles. The standard InChI is InChI=1S/C21H18N6S/c1-12-7-19(28-27-12)21-16-9-15(5-6-17(16)25-26-21)24-18-4-2-3-14-8-13(10-22)11-23-20(14)18/h5-9,11,18,24H,2-4H2,1H3,(H,25,26)/t18-/m1/s1. The Kier molecular flexibility index (Phi) is 4.06. The number of nitrogens with zero attached hydrogens (tertiary/aromatic N) is 4. The summed E-state index contributed by atoms with van der Waals surface area (Å²) in [7, 11) is 0. The molecule has 2 N–H and O–H groups in total. The minimum atomic E-state index is 0.148. The van der Waals surface area contributed by atoms with Gasteiger partial charge in [0.1, 0.15) is 11.8 Å². The molecule has 0 amide bonds. The topological polar surface area (TPSA) is 90.3 Å². The predicted molar refractivity (Wildman–Crippen MR) is 110 cm³/mol. The van der Waals surface area contributed by atoms with Crippen molar-refractivity contribution in [2.45, 2.75) is 32.2 Å². The van der Waals surface area contributed by atoms with Gasteiger partial charge < -0.3 is 5.32 Å². The average molecular weight is 386 g/mol. The number of aryl methyl sites for hydroxylation is 2. The third-order valence-corrected chi connectivity index (χ3v) is 6.05. The summed E-state index contributed by atoms with van der Waals surface area (Å²) < 4.78 is 4.38. The molecule has 4 aromatic rings. The molecule has 0 saturated heterocycles. The molecule has 0 bridgehead atoms. The zero-order valence-electron chi connectivity index (χ0n) is 15.4. The van der Waals surface area contributed by atoms with Crippen molar-refractivity contribution < 1.29 is 0 Å². The number of benzene rings is 1. The summed E-state index contributed by atoms with van der Waals surface area (Å²) in [5.74, 6) is 0. The normalized spacial score (nSPS) is 15.9. The Labute approximate surface area is 166 Å². The second kappa shape index (κ2) is 6.73. The molecule has 1 atom stereocenters. The molecule has 1 aromatic carbocycles. The quantitative estimate of drug-likeness (QED) is 0.530. The summed E-state index contributed by atoms with van der Waals surface area (Å²) in [4.78, 5) is 5.64. The first-order chi connectivity index (χ1) is 13.7. The van der Waals surface area contributed by atoms with Gasteiger partial charge in [-0.05, 0) is 73.6 Å². The molecule has 0 spiro atoms. The van der Waals surface area contributed by atoms with Crippen LogP contribution in [0.25, 0.3) is 21.5 Å². The number of aromatic amines is 1. The number of rotatable bonds is 3. The Morgan fingerprint density at radius 3 is 3.04 bits per heavy atom. The maximum Gasteiger partial charge on any atom is 0.112 e. The highest BCUT2D eigenvalue weighted by atomic mass is 32.1. The van der Waals surface area contributed by atoms with Crippen molar-refractivity contribution in [2.75, 3.05) is 5.32 Å². The van der Waals surface area contributed by atoms with Crippen LogP contribution in [0, 0.1) is 18.3 Å². The molecule has 138 valence electrons. The third kappa shape index (κ3) is 2.92. The Morgan fingerprint density at radius 1 is 1.29 bits per heavy atom. The molecular formula is C21H18N6S. The van der Waals surface area contributed by atoms with Crippen molar-refractivity contribution in [3.05, 3.63) is 59.0 Å². The lowest BCUT2D eigenvalue weighted by atomic mass is 9.91. The number of aromatic nitrogens is 4. The molecule has 3 aromatic heterocycles. The fourth-order valence-electron chi connectivity index (χ4n) is 3.84. The maximum absolute atomic E-state index is 9.12. The van der Waals surface area contributed by atoms with Gasteiger partial charge in [0.05, 0.1) is 33.4 Å². The summed E-state index contributed by atoms with van der Waals surface area (Å²) in [6, 6.07) is 12.6. The molecule has 0 radical (unpaired) electrons. The first kappa shape index (κ1) is 16.9. The molecule has 1 aliphatic carbocycles. The number of fused-ring (bicyclic) bond motifs is 2. The van der Waals surface area contributed by atoms with Crippen LogP contribution in [0.3, 0.4) is 0 Å². The van der Waals surface area contributed by atoms with Crippen LogP contribution in [0.5, 0.6) is 0 Å². The van der Waals surface area contributed by atoms with Crippen LogP contribution in [0.2, 0.25) is 0 Å². The van der Waals surface area contributed by atoms with E-state index in [0.717, 1.165) is 57.8 Å². The van der Waals surface area contributed by atoms with Gasteiger partial charge in [0, 0.05) is 17.3 Å². The van der Waals surface area contributed by atoms with Crippen LogP contribution in [0.1, 0.15) is 41.4 Å². The molecule has 7 heteroatoms.